The lowest BCUT2D eigenvalue weighted by atomic mass is 9.89. The number of hydrogen-bond donors (Lipinski definition) is 2. The molecular weight excluding hydrogens is 420 g/mol. The van der Waals surface area contributed by atoms with E-state index in [9.17, 15) is 18.3 Å². The summed E-state index contributed by atoms with van der Waals surface area (Å²) in [6.07, 6.45) is 1.62. The van der Waals surface area contributed by atoms with E-state index in [1.165, 1.54) is 18.2 Å². The molecule has 6 nitrogen and oxygen atoms in total. The molecule has 138 valence electrons. The van der Waals surface area contributed by atoms with E-state index in [-0.39, 0.29) is 16.6 Å². The van der Waals surface area contributed by atoms with Crippen LogP contribution in [0.25, 0.3) is 0 Å². The van der Waals surface area contributed by atoms with E-state index in [1.807, 2.05) is 12.1 Å². The monoisotopic (exact) mass is 438 g/mol. The lowest BCUT2D eigenvalue weighted by Gasteiger charge is -2.32. The molecule has 1 heterocycles. The summed E-state index contributed by atoms with van der Waals surface area (Å²) in [5, 5.41) is 14.6. The SMILES string of the molecule is NS(=O)(=O)c1ccc(Br)c(C(=O)N2CCC(c3ccc(O)cc3)CC2)c1. The number of carbonyl (C=O) groups is 1. The van der Waals surface area contributed by atoms with Gasteiger partial charge in [0, 0.05) is 17.6 Å². The lowest BCUT2D eigenvalue weighted by molar-refractivity contribution is 0.0712. The van der Waals surface area contributed by atoms with Crippen LogP contribution in [0.3, 0.4) is 0 Å². The average Bonchev–Trinajstić information content (AvgIpc) is 2.61. The molecule has 1 saturated heterocycles. The molecule has 0 saturated carbocycles. The van der Waals surface area contributed by atoms with Crippen LogP contribution in [0.4, 0.5) is 0 Å². The number of likely N-dealkylation sites (tertiary alicyclic amines) is 1. The Morgan fingerprint density at radius 1 is 1.12 bits per heavy atom. The highest BCUT2D eigenvalue weighted by Gasteiger charge is 2.26. The number of piperidine rings is 1. The molecule has 2 aromatic carbocycles. The third kappa shape index (κ3) is 4.08. The summed E-state index contributed by atoms with van der Waals surface area (Å²) in [6.45, 7) is 1.16. The summed E-state index contributed by atoms with van der Waals surface area (Å²) in [5.41, 5.74) is 1.44. The minimum atomic E-state index is -3.87. The highest BCUT2D eigenvalue weighted by Crippen LogP contribution is 2.30. The van der Waals surface area contributed by atoms with Crippen LogP contribution in [-0.4, -0.2) is 37.4 Å². The van der Waals surface area contributed by atoms with Crippen molar-refractivity contribution in [2.75, 3.05) is 13.1 Å². The number of primary sulfonamides is 1. The number of phenolic OH excluding ortho intramolecular Hbond substituents is 1. The Morgan fingerprint density at radius 2 is 1.73 bits per heavy atom. The van der Waals surface area contributed by atoms with Gasteiger partial charge in [0.2, 0.25) is 10.0 Å². The van der Waals surface area contributed by atoms with Crippen LogP contribution in [0.5, 0.6) is 5.75 Å². The van der Waals surface area contributed by atoms with Gasteiger partial charge >= 0.3 is 0 Å². The van der Waals surface area contributed by atoms with Crippen LogP contribution in [0.15, 0.2) is 51.8 Å². The highest BCUT2D eigenvalue weighted by atomic mass is 79.9. The quantitative estimate of drug-likeness (QED) is 0.768. The summed E-state index contributed by atoms with van der Waals surface area (Å²) < 4.78 is 23.6. The first-order chi connectivity index (χ1) is 12.3. The molecule has 1 aliphatic rings. The Bertz CT molecular complexity index is 921. The number of hydrogen-bond acceptors (Lipinski definition) is 4. The van der Waals surface area contributed by atoms with Gasteiger partial charge in [-0.15, -0.1) is 0 Å². The number of benzene rings is 2. The maximum Gasteiger partial charge on any atom is 0.255 e. The molecule has 3 rings (SSSR count). The van der Waals surface area contributed by atoms with Gasteiger partial charge in [0.1, 0.15) is 5.75 Å². The third-order valence-electron chi connectivity index (χ3n) is 4.64. The minimum absolute atomic E-state index is 0.0805. The zero-order chi connectivity index (χ0) is 18.9. The van der Waals surface area contributed by atoms with Gasteiger partial charge in [-0.3, -0.25) is 4.79 Å². The van der Waals surface area contributed by atoms with Gasteiger partial charge in [-0.2, -0.15) is 0 Å². The fourth-order valence-electron chi connectivity index (χ4n) is 3.18. The van der Waals surface area contributed by atoms with Gasteiger partial charge in [-0.25, -0.2) is 13.6 Å². The van der Waals surface area contributed by atoms with Crippen molar-refractivity contribution in [2.24, 2.45) is 5.14 Å². The maximum atomic E-state index is 12.8. The summed E-state index contributed by atoms with van der Waals surface area (Å²) in [7, 11) is -3.87. The molecule has 1 fully saturated rings. The first kappa shape index (κ1) is 18.9. The Labute approximate surface area is 160 Å². The number of sulfonamides is 1. The van der Waals surface area contributed by atoms with Crippen molar-refractivity contribution in [2.45, 2.75) is 23.7 Å². The molecule has 0 bridgehead atoms. The number of carbonyl (C=O) groups excluding carboxylic acids is 1. The van der Waals surface area contributed by atoms with Crippen LogP contribution < -0.4 is 5.14 Å². The fourth-order valence-corrected chi connectivity index (χ4v) is 4.13. The van der Waals surface area contributed by atoms with Gasteiger partial charge in [-0.1, -0.05) is 12.1 Å². The lowest BCUT2D eigenvalue weighted by Crippen LogP contribution is -2.38. The molecule has 0 radical (unpaired) electrons. The fraction of sp³-hybridized carbons (Fsp3) is 0.278. The number of nitrogens with two attached hydrogens (primary N) is 1. The molecular formula is C18H19BrN2O4S. The van der Waals surface area contributed by atoms with Gasteiger partial charge < -0.3 is 10.0 Å². The Balaban J connectivity index is 1.73. The van der Waals surface area contributed by atoms with Crippen molar-refractivity contribution in [3.05, 3.63) is 58.1 Å². The standard InChI is InChI=1S/C18H19BrN2O4S/c19-17-6-5-15(26(20,24)25)11-16(17)18(23)21-9-7-13(8-10-21)12-1-3-14(22)4-2-12/h1-6,11,13,22H,7-10H2,(H2,20,24,25). The molecule has 1 amide bonds. The van der Waals surface area contributed by atoms with Crippen LogP contribution >= 0.6 is 15.9 Å². The average molecular weight is 439 g/mol. The Morgan fingerprint density at radius 3 is 2.31 bits per heavy atom. The number of phenols is 1. The zero-order valence-corrected chi connectivity index (χ0v) is 16.3. The molecule has 1 aliphatic heterocycles. The van der Waals surface area contributed by atoms with Crippen LogP contribution in [0, 0.1) is 0 Å². The molecule has 0 spiro atoms. The first-order valence-corrected chi connectivity index (χ1v) is 10.5. The second kappa shape index (κ2) is 7.38. The molecule has 3 N–H and O–H groups in total. The van der Waals surface area contributed by atoms with Crippen molar-refractivity contribution in [3.63, 3.8) is 0 Å². The molecule has 0 unspecified atom stereocenters. The second-order valence-corrected chi connectivity index (χ2v) is 8.76. The smallest absolute Gasteiger partial charge is 0.255 e. The summed E-state index contributed by atoms with van der Waals surface area (Å²) in [4.78, 5) is 14.5. The summed E-state index contributed by atoms with van der Waals surface area (Å²) in [6, 6.07) is 11.4. The van der Waals surface area contributed by atoms with Crippen LogP contribution in [0.1, 0.15) is 34.7 Å². The number of aromatic hydroxyl groups is 1. The summed E-state index contributed by atoms with van der Waals surface area (Å²) in [5.74, 6) is 0.353. The number of nitrogens with zero attached hydrogens (tertiary/aromatic N) is 1. The van der Waals surface area contributed by atoms with E-state index in [4.69, 9.17) is 5.14 Å². The predicted molar refractivity (Wildman–Crippen MR) is 102 cm³/mol. The van der Waals surface area contributed by atoms with Gasteiger partial charge in [0.05, 0.1) is 10.5 Å². The van der Waals surface area contributed by atoms with E-state index in [0.29, 0.717) is 29.0 Å². The Hall–Kier alpha value is -1.90. The first-order valence-electron chi connectivity index (χ1n) is 8.16. The van der Waals surface area contributed by atoms with Crippen LogP contribution in [-0.2, 0) is 10.0 Å². The van der Waals surface area contributed by atoms with E-state index < -0.39 is 10.0 Å². The third-order valence-corrected chi connectivity index (χ3v) is 6.25. The molecule has 0 atom stereocenters. The normalized spacial score (nSPS) is 15.8. The van der Waals surface area contributed by atoms with E-state index >= 15 is 0 Å². The number of rotatable bonds is 3. The van der Waals surface area contributed by atoms with Crippen molar-refractivity contribution >= 4 is 31.9 Å². The molecule has 8 heteroatoms. The molecule has 26 heavy (non-hydrogen) atoms. The molecule has 2 aromatic rings. The summed E-state index contributed by atoms with van der Waals surface area (Å²) >= 11 is 3.31. The van der Waals surface area contributed by atoms with Gasteiger partial charge in [0.25, 0.3) is 5.91 Å². The van der Waals surface area contributed by atoms with Crippen molar-refractivity contribution in [3.8, 4) is 5.75 Å². The van der Waals surface area contributed by atoms with Crippen molar-refractivity contribution < 1.29 is 18.3 Å². The molecule has 0 aromatic heterocycles. The highest BCUT2D eigenvalue weighted by molar-refractivity contribution is 9.10. The number of halogens is 1. The maximum absolute atomic E-state index is 12.8. The van der Waals surface area contributed by atoms with Crippen LogP contribution in [0.2, 0.25) is 0 Å². The van der Waals surface area contributed by atoms with Gasteiger partial charge in [-0.05, 0) is 70.6 Å². The second-order valence-electron chi connectivity index (χ2n) is 6.34. The zero-order valence-electron chi connectivity index (χ0n) is 13.9. The predicted octanol–water partition coefficient (Wildman–Crippen LogP) is 2.82. The number of amides is 1. The minimum Gasteiger partial charge on any atom is -0.508 e. The van der Waals surface area contributed by atoms with Crippen molar-refractivity contribution in [1.29, 1.82) is 0 Å². The van der Waals surface area contributed by atoms with E-state index in [1.54, 1.807) is 17.0 Å². The van der Waals surface area contributed by atoms with Gasteiger partial charge in [0.15, 0.2) is 0 Å². The topological polar surface area (TPSA) is 101 Å². The Kier molecular flexibility index (Phi) is 5.36. The largest absolute Gasteiger partial charge is 0.508 e. The molecule has 0 aliphatic carbocycles. The van der Waals surface area contributed by atoms with E-state index in [0.717, 1.165) is 18.4 Å². The van der Waals surface area contributed by atoms with Crippen molar-refractivity contribution in [1.82, 2.24) is 4.90 Å². The van der Waals surface area contributed by atoms with E-state index in [2.05, 4.69) is 15.9 Å².